The molecule has 0 aliphatic heterocycles. The Morgan fingerprint density at radius 2 is 1.94 bits per heavy atom. The molecule has 0 aromatic heterocycles. The molecule has 0 atom stereocenters. The molecule has 3 aromatic carbocycles. The second-order valence-electron chi connectivity index (χ2n) is 7.62. The molecule has 1 N–H and O–H groups in total. The lowest BCUT2D eigenvalue weighted by Crippen LogP contribution is -2.14. The molecule has 0 spiro atoms. The Kier molecular flexibility index (Phi) is 8.75. The summed E-state index contributed by atoms with van der Waals surface area (Å²) in [6.45, 7) is 6.48. The molecular weight excluding hydrogens is 516 g/mol. The Morgan fingerprint density at radius 1 is 1.15 bits per heavy atom. The largest absolute Gasteiger partial charge is 0.490 e. The quantitative estimate of drug-likeness (QED) is 0.242. The van der Waals surface area contributed by atoms with E-state index in [1.807, 2.05) is 63.2 Å². The van der Waals surface area contributed by atoms with Crippen molar-refractivity contribution in [2.75, 3.05) is 11.9 Å². The maximum absolute atomic E-state index is 12.8. The first kappa shape index (κ1) is 25.4. The Hall–Kier alpha value is -3.27. The van der Waals surface area contributed by atoms with Gasteiger partial charge in [-0.3, -0.25) is 4.79 Å². The topological polar surface area (TPSA) is 71.3 Å². The molecule has 34 heavy (non-hydrogen) atoms. The fraction of sp³-hybridized carbons (Fsp3) is 0.185. The minimum Gasteiger partial charge on any atom is -0.490 e. The van der Waals surface area contributed by atoms with Gasteiger partial charge in [-0.1, -0.05) is 41.4 Å². The number of aryl methyl sites for hydroxylation is 2. The normalized spacial score (nSPS) is 11.0. The highest BCUT2D eigenvalue weighted by molar-refractivity contribution is 9.10. The first-order valence-electron chi connectivity index (χ1n) is 10.6. The van der Waals surface area contributed by atoms with Crippen LogP contribution >= 0.6 is 27.5 Å². The fourth-order valence-electron chi connectivity index (χ4n) is 3.32. The number of anilines is 1. The molecular formula is C27H24BrClN2O3. The van der Waals surface area contributed by atoms with Gasteiger partial charge in [0.2, 0.25) is 0 Å². The average molecular weight is 540 g/mol. The van der Waals surface area contributed by atoms with Crippen LogP contribution in [0.5, 0.6) is 11.5 Å². The summed E-state index contributed by atoms with van der Waals surface area (Å²) in [6.07, 6.45) is 1.52. The molecule has 3 rings (SSSR count). The van der Waals surface area contributed by atoms with Crippen LogP contribution in [0.2, 0.25) is 5.02 Å². The second-order valence-corrected chi connectivity index (χ2v) is 8.91. The zero-order valence-corrected chi connectivity index (χ0v) is 21.5. The van der Waals surface area contributed by atoms with E-state index < -0.39 is 5.91 Å². The van der Waals surface area contributed by atoms with Crippen LogP contribution < -0.4 is 14.8 Å². The van der Waals surface area contributed by atoms with Gasteiger partial charge in [0, 0.05) is 10.7 Å². The van der Waals surface area contributed by atoms with E-state index in [4.69, 9.17) is 21.1 Å². The fourth-order valence-corrected chi connectivity index (χ4v) is 4.10. The van der Waals surface area contributed by atoms with E-state index in [-0.39, 0.29) is 5.57 Å². The van der Waals surface area contributed by atoms with Crippen LogP contribution in [0.1, 0.15) is 29.2 Å². The summed E-state index contributed by atoms with van der Waals surface area (Å²) in [5.41, 5.74) is 4.20. The van der Waals surface area contributed by atoms with Gasteiger partial charge >= 0.3 is 0 Å². The third kappa shape index (κ3) is 6.63. The van der Waals surface area contributed by atoms with Crippen LogP contribution in [0, 0.1) is 25.2 Å². The lowest BCUT2D eigenvalue weighted by molar-refractivity contribution is -0.112. The minimum atomic E-state index is -0.482. The van der Waals surface area contributed by atoms with Crippen LogP contribution in [0.4, 0.5) is 5.69 Å². The standard InChI is InChI=1S/C27H24BrClN2O3/c1-4-33-25-14-20(13-23(28)26(25)34-16-19-6-5-7-22(29)12-19)11-21(15-30)27(32)31-24-9-8-17(2)10-18(24)3/h5-14H,4,16H2,1-3H3,(H,31,32). The van der Waals surface area contributed by atoms with E-state index in [0.717, 1.165) is 16.7 Å². The van der Waals surface area contributed by atoms with Gasteiger partial charge in [0.25, 0.3) is 5.91 Å². The van der Waals surface area contributed by atoms with Gasteiger partial charge in [0.05, 0.1) is 11.1 Å². The molecule has 0 radical (unpaired) electrons. The van der Waals surface area contributed by atoms with E-state index in [1.165, 1.54) is 6.08 Å². The average Bonchev–Trinajstić information content (AvgIpc) is 2.79. The molecule has 0 saturated carbocycles. The number of halogens is 2. The summed E-state index contributed by atoms with van der Waals surface area (Å²) < 4.78 is 12.4. The van der Waals surface area contributed by atoms with Gasteiger partial charge in [-0.15, -0.1) is 0 Å². The lowest BCUT2D eigenvalue weighted by atomic mass is 10.1. The highest BCUT2D eigenvalue weighted by Gasteiger charge is 2.15. The predicted octanol–water partition coefficient (Wildman–Crippen LogP) is 7.24. The third-order valence-corrected chi connectivity index (χ3v) is 5.73. The monoisotopic (exact) mass is 538 g/mol. The molecule has 0 aliphatic rings. The van der Waals surface area contributed by atoms with Gasteiger partial charge in [-0.25, -0.2) is 0 Å². The molecule has 0 heterocycles. The van der Waals surface area contributed by atoms with Crippen LogP contribution in [-0.4, -0.2) is 12.5 Å². The van der Waals surface area contributed by atoms with Gasteiger partial charge in [0.15, 0.2) is 11.5 Å². The van der Waals surface area contributed by atoms with Crippen molar-refractivity contribution in [1.82, 2.24) is 0 Å². The molecule has 7 heteroatoms. The molecule has 0 aliphatic carbocycles. The third-order valence-electron chi connectivity index (χ3n) is 4.91. The van der Waals surface area contributed by atoms with Crippen molar-refractivity contribution < 1.29 is 14.3 Å². The number of hydrogen-bond acceptors (Lipinski definition) is 4. The summed E-state index contributed by atoms with van der Waals surface area (Å²) in [7, 11) is 0. The van der Waals surface area contributed by atoms with Crippen molar-refractivity contribution >= 4 is 45.2 Å². The maximum Gasteiger partial charge on any atom is 0.266 e. The van der Waals surface area contributed by atoms with Crippen molar-refractivity contribution in [2.45, 2.75) is 27.4 Å². The summed E-state index contributed by atoms with van der Waals surface area (Å²) in [6, 6.07) is 18.6. The summed E-state index contributed by atoms with van der Waals surface area (Å²) in [5, 5.41) is 13.1. The Bertz CT molecular complexity index is 1280. The van der Waals surface area contributed by atoms with Crippen LogP contribution in [0.3, 0.4) is 0 Å². The number of rotatable bonds is 8. The van der Waals surface area contributed by atoms with Crippen molar-refractivity contribution in [2.24, 2.45) is 0 Å². The summed E-state index contributed by atoms with van der Waals surface area (Å²) in [5.74, 6) is 0.541. The minimum absolute atomic E-state index is 0.0260. The maximum atomic E-state index is 12.8. The number of amides is 1. The molecule has 5 nitrogen and oxygen atoms in total. The smallest absolute Gasteiger partial charge is 0.266 e. The van der Waals surface area contributed by atoms with E-state index in [0.29, 0.717) is 45.5 Å². The highest BCUT2D eigenvalue weighted by atomic mass is 79.9. The van der Waals surface area contributed by atoms with Crippen molar-refractivity contribution in [1.29, 1.82) is 5.26 Å². The molecule has 0 saturated heterocycles. The zero-order chi connectivity index (χ0) is 24.7. The number of nitriles is 1. The molecule has 0 fully saturated rings. The number of carbonyl (C=O) groups is 1. The predicted molar refractivity (Wildman–Crippen MR) is 139 cm³/mol. The second kappa shape index (κ2) is 11.7. The highest BCUT2D eigenvalue weighted by Crippen LogP contribution is 2.38. The Morgan fingerprint density at radius 3 is 2.62 bits per heavy atom. The van der Waals surface area contributed by atoms with Crippen molar-refractivity contribution in [3.8, 4) is 17.6 Å². The van der Waals surface area contributed by atoms with E-state index in [9.17, 15) is 10.1 Å². The molecule has 174 valence electrons. The lowest BCUT2D eigenvalue weighted by Gasteiger charge is -2.15. The van der Waals surface area contributed by atoms with Gasteiger partial charge < -0.3 is 14.8 Å². The van der Waals surface area contributed by atoms with E-state index in [2.05, 4.69) is 21.2 Å². The van der Waals surface area contributed by atoms with E-state index in [1.54, 1.807) is 18.2 Å². The van der Waals surface area contributed by atoms with Crippen LogP contribution in [-0.2, 0) is 11.4 Å². The van der Waals surface area contributed by atoms with Crippen molar-refractivity contribution in [3.63, 3.8) is 0 Å². The number of nitrogens with zero attached hydrogens (tertiary/aromatic N) is 1. The number of ether oxygens (including phenoxy) is 2. The van der Waals surface area contributed by atoms with Gasteiger partial charge in [-0.05, 0) is 89.8 Å². The number of carbonyl (C=O) groups excluding carboxylic acids is 1. The molecule has 1 amide bonds. The van der Waals surface area contributed by atoms with Gasteiger partial charge in [0.1, 0.15) is 18.2 Å². The number of hydrogen-bond donors (Lipinski definition) is 1. The first-order valence-corrected chi connectivity index (χ1v) is 11.8. The summed E-state index contributed by atoms with van der Waals surface area (Å²) >= 11 is 9.59. The Labute approximate surface area is 213 Å². The number of benzene rings is 3. The SMILES string of the molecule is CCOc1cc(C=C(C#N)C(=O)Nc2ccc(C)cc2C)cc(Br)c1OCc1cccc(Cl)c1. The van der Waals surface area contributed by atoms with Crippen LogP contribution in [0.15, 0.2) is 64.6 Å². The van der Waals surface area contributed by atoms with Crippen LogP contribution in [0.25, 0.3) is 6.08 Å². The number of nitrogens with one attached hydrogen (secondary N) is 1. The molecule has 0 unspecified atom stereocenters. The first-order chi connectivity index (χ1) is 16.3. The Balaban J connectivity index is 1.86. The zero-order valence-electron chi connectivity index (χ0n) is 19.1. The van der Waals surface area contributed by atoms with Crippen molar-refractivity contribution in [3.05, 3.63) is 91.9 Å². The molecule has 0 bridgehead atoms. The van der Waals surface area contributed by atoms with Gasteiger partial charge in [-0.2, -0.15) is 5.26 Å². The van der Waals surface area contributed by atoms with E-state index >= 15 is 0 Å². The summed E-state index contributed by atoms with van der Waals surface area (Å²) in [4.78, 5) is 12.8. The molecule has 3 aromatic rings.